The molecule has 0 amide bonds. The van der Waals surface area contributed by atoms with Gasteiger partial charge in [0.05, 0.1) is 6.10 Å². The molecule has 0 saturated carbocycles. The third kappa shape index (κ3) is 3.98. The first-order chi connectivity index (χ1) is 7.90. The van der Waals surface area contributed by atoms with Crippen molar-refractivity contribution in [2.24, 2.45) is 5.92 Å². The molecule has 0 fully saturated rings. The van der Waals surface area contributed by atoms with Crippen molar-refractivity contribution in [1.29, 1.82) is 0 Å². The number of rotatable bonds is 5. The largest absolute Gasteiger partial charge is 0.490 e. The number of ether oxygens (including phenoxy) is 1. The summed E-state index contributed by atoms with van der Waals surface area (Å²) in [5.41, 5.74) is 6.28. The fourth-order valence-electron chi connectivity index (χ4n) is 1.74. The lowest BCUT2D eigenvalue weighted by molar-refractivity contribution is 0.0689. The summed E-state index contributed by atoms with van der Waals surface area (Å²) in [5, 5.41) is 9.03. The summed E-state index contributed by atoms with van der Waals surface area (Å²) in [5.74, 6) is -0.165. The van der Waals surface area contributed by atoms with Crippen molar-refractivity contribution in [3.05, 3.63) is 23.8 Å². The van der Waals surface area contributed by atoms with Crippen LogP contribution in [0.25, 0.3) is 0 Å². The summed E-state index contributed by atoms with van der Waals surface area (Å²) >= 11 is 0. The van der Waals surface area contributed by atoms with Gasteiger partial charge < -0.3 is 15.6 Å². The number of anilines is 1. The van der Waals surface area contributed by atoms with Crippen molar-refractivity contribution in [3.63, 3.8) is 0 Å². The summed E-state index contributed by atoms with van der Waals surface area (Å²) < 4.78 is 5.64. The molecule has 1 aromatic carbocycles. The number of carboxylic acids is 1. The predicted octanol–water partition coefficient (Wildman–Crippen LogP) is 2.78. The smallest absolute Gasteiger partial charge is 0.339 e. The number of carbonyl (C=O) groups is 1. The maximum atomic E-state index is 11.0. The van der Waals surface area contributed by atoms with Crippen LogP contribution in [0.15, 0.2) is 18.2 Å². The van der Waals surface area contributed by atoms with E-state index in [9.17, 15) is 4.79 Å². The van der Waals surface area contributed by atoms with Gasteiger partial charge in [0, 0.05) is 11.8 Å². The summed E-state index contributed by atoms with van der Waals surface area (Å²) in [7, 11) is 0. The highest BCUT2D eigenvalue weighted by molar-refractivity contribution is 5.91. The summed E-state index contributed by atoms with van der Waals surface area (Å²) in [6, 6.07) is 4.58. The van der Waals surface area contributed by atoms with Crippen LogP contribution in [-0.2, 0) is 0 Å². The van der Waals surface area contributed by atoms with E-state index in [2.05, 4.69) is 13.8 Å². The number of aromatic carboxylic acids is 1. The average molecular weight is 237 g/mol. The van der Waals surface area contributed by atoms with Crippen molar-refractivity contribution in [2.75, 3.05) is 5.73 Å². The van der Waals surface area contributed by atoms with E-state index < -0.39 is 5.97 Å². The zero-order valence-electron chi connectivity index (χ0n) is 10.4. The van der Waals surface area contributed by atoms with Crippen molar-refractivity contribution in [2.45, 2.75) is 33.3 Å². The monoisotopic (exact) mass is 237 g/mol. The normalized spacial score (nSPS) is 12.5. The standard InChI is InChI=1S/C13H19NO3/c1-8(2)6-9(3)17-12-7-10(14)4-5-11(12)13(15)16/h4-5,7-9H,6,14H2,1-3H3,(H,15,16). The number of carboxylic acid groups (broad SMARTS) is 1. The minimum atomic E-state index is -1.00. The molecule has 0 bridgehead atoms. The Morgan fingerprint density at radius 1 is 1.41 bits per heavy atom. The molecule has 0 saturated heterocycles. The summed E-state index contributed by atoms with van der Waals surface area (Å²) in [6.07, 6.45) is 0.836. The molecule has 1 atom stereocenters. The Morgan fingerprint density at radius 2 is 2.06 bits per heavy atom. The second-order valence-corrected chi connectivity index (χ2v) is 4.62. The molecule has 0 aliphatic carbocycles. The van der Waals surface area contributed by atoms with Crippen molar-refractivity contribution in [1.82, 2.24) is 0 Å². The van der Waals surface area contributed by atoms with Crippen LogP contribution in [0.4, 0.5) is 5.69 Å². The number of benzene rings is 1. The minimum absolute atomic E-state index is 0.0325. The molecular formula is C13H19NO3. The second-order valence-electron chi connectivity index (χ2n) is 4.62. The fourth-order valence-corrected chi connectivity index (χ4v) is 1.74. The quantitative estimate of drug-likeness (QED) is 0.772. The molecular weight excluding hydrogens is 218 g/mol. The highest BCUT2D eigenvalue weighted by atomic mass is 16.5. The first-order valence-electron chi connectivity index (χ1n) is 5.69. The fraction of sp³-hybridized carbons (Fsp3) is 0.462. The zero-order valence-corrected chi connectivity index (χ0v) is 10.4. The molecule has 0 aliphatic rings. The van der Waals surface area contributed by atoms with Crippen molar-refractivity contribution >= 4 is 11.7 Å². The lowest BCUT2D eigenvalue weighted by Gasteiger charge is -2.18. The Balaban J connectivity index is 2.88. The van der Waals surface area contributed by atoms with E-state index >= 15 is 0 Å². The molecule has 0 spiro atoms. The summed E-state index contributed by atoms with van der Waals surface area (Å²) in [6.45, 7) is 6.11. The Hall–Kier alpha value is -1.71. The maximum Gasteiger partial charge on any atom is 0.339 e. The zero-order chi connectivity index (χ0) is 13.0. The van der Waals surface area contributed by atoms with E-state index in [4.69, 9.17) is 15.6 Å². The van der Waals surface area contributed by atoms with Crippen LogP contribution < -0.4 is 10.5 Å². The Bertz CT molecular complexity index is 402. The third-order valence-electron chi connectivity index (χ3n) is 2.37. The van der Waals surface area contributed by atoms with Gasteiger partial charge in [-0.05, 0) is 31.4 Å². The van der Waals surface area contributed by atoms with Crippen LogP contribution >= 0.6 is 0 Å². The molecule has 0 aliphatic heterocycles. The number of hydrogen-bond donors (Lipinski definition) is 2. The van der Waals surface area contributed by atoms with Gasteiger partial charge in [-0.15, -0.1) is 0 Å². The molecule has 3 N–H and O–H groups in total. The number of hydrogen-bond acceptors (Lipinski definition) is 3. The maximum absolute atomic E-state index is 11.0. The van der Waals surface area contributed by atoms with Gasteiger partial charge in [0.25, 0.3) is 0 Å². The van der Waals surface area contributed by atoms with Gasteiger partial charge in [-0.25, -0.2) is 4.79 Å². The lowest BCUT2D eigenvalue weighted by atomic mass is 10.1. The molecule has 1 unspecified atom stereocenters. The molecule has 1 rings (SSSR count). The first-order valence-corrected chi connectivity index (χ1v) is 5.69. The molecule has 94 valence electrons. The van der Waals surface area contributed by atoms with Gasteiger partial charge in [0.2, 0.25) is 0 Å². The van der Waals surface area contributed by atoms with E-state index in [-0.39, 0.29) is 11.7 Å². The third-order valence-corrected chi connectivity index (χ3v) is 2.37. The van der Waals surface area contributed by atoms with Crippen molar-refractivity contribution in [3.8, 4) is 5.75 Å². The topological polar surface area (TPSA) is 72.5 Å². The molecule has 4 nitrogen and oxygen atoms in total. The Labute approximate surface area is 101 Å². The SMILES string of the molecule is CC(C)CC(C)Oc1cc(N)ccc1C(=O)O. The van der Waals surface area contributed by atoms with E-state index in [1.54, 1.807) is 12.1 Å². The molecule has 17 heavy (non-hydrogen) atoms. The minimum Gasteiger partial charge on any atom is -0.490 e. The highest BCUT2D eigenvalue weighted by Gasteiger charge is 2.14. The summed E-state index contributed by atoms with van der Waals surface area (Å²) in [4.78, 5) is 11.0. The van der Waals surface area contributed by atoms with Gasteiger partial charge in [-0.1, -0.05) is 13.8 Å². The van der Waals surface area contributed by atoms with Gasteiger partial charge in [-0.2, -0.15) is 0 Å². The van der Waals surface area contributed by atoms with Gasteiger partial charge >= 0.3 is 5.97 Å². The van der Waals surface area contributed by atoms with Crippen LogP contribution in [0, 0.1) is 5.92 Å². The van der Waals surface area contributed by atoms with Crippen LogP contribution in [0.2, 0.25) is 0 Å². The predicted molar refractivity (Wildman–Crippen MR) is 67.4 cm³/mol. The molecule has 4 heteroatoms. The first kappa shape index (κ1) is 13.4. The van der Waals surface area contributed by atoms with Crippen LogP contribution in [-0.4, -0.2) is 17.2 Å². The van der Waals surface area contributed by atoms with Gasteiger partial charge in [-0.3, -0.25) is 0 Å². The lowest BCUT2D eigenvalue weighted by Crippen LogP contribution is -2.16. The molecule has 0 heterocycles. The van der Waals surface area contributed by atoms with E-state index in [1.165, 1.54) is 6.07 Å². The van der Waals surface area contributed by atoms with E-state index in [0.29, 0.717) is 17.4 Å². The molecule has 0 aromatic heterocycles. The van der Waals surface area contributed by atoms with E-state index in [0.717, 1.165) is 6.42 Å². The van der Waals surface area contributed by atoms with Crippen LogP contribution in [0.5, 0.6) is 5.75 Å². The van der Waals surface area contributed by atoms with Crippen LogP contribution in [0.3, 0.4) is 0 Å². The van der Waals surface area contributed by atoms with Gasteiger partial charge in [0.15, 0.2) is 0 Å². The van der Waals surface area contributed by atoms with E-state index in [1.807, 2.05) is 6.92 Å². The van der Waals surface area contributed by atoms with Crippen LogP contribution in [0.1, 0.15) is 37.6 Å². The molecule has 1 aromatic rings. The number of nitrogens with two attached hydrogens (primary N) is 1. The number of nitrogen functional groups attached to an aromatic ring is 1. The Kier molecular flexibility index (Phi) is 4.37. The Morgan fingerprint density at radius 3 is 2.59 bits per heavy atom. The molecule has 0 radical (unpaired) electrons. The van der Waals surface area contributed by atoms with Gasteiger partial charge in [0.1, 0.15) is 11.3 Å². The highest BCUT2D eigenvalue weighted by Crippen LogP contribution is 2.24. The second kappa shape index (κ2) is 5.57. The average Bonchev–Trinajstić information content (AvgIpc) is 2.15. The van der Waals surface area contributed by atoms with Crippen molar-refractivity contribution < 1.29 is 14.6 Å².